The molecule has 1 fully saturated rings. The van der Waals surface area contributed by atoms with Gasteiger partial charge < -0.3 is 14.8 Å². The highest BCUT2D eigenvalue weighted by molar-refractivity contribution is 14.1. The fourth-order valence-electron chi connectivity index (χ4n) is 3.43. The van der Waals surface area contributed by atoms with E-state index in [1.54, 1.807) is 48.5 Å². The molecule has 1 saturated heterocycles. The lowest BCUT2D eigenvalue weighted by atomic mass is 10.1. The number of anilines is 1. The molecule has 0 spiro atoms. The van der Waals surface area contributed by atoms with E-state index in [9.17, 15) is 14.4 Å². The number of rotatable bonds is 8. The average Bonchev–Trinajstić information content (AvgIpc) is 3.13. The van der Waals surface area contributed by atoms with Crippen LogP contribution in [-0.2, 0) is 16.1 Å². The van der Waals surface area contributed by atoms with Gasteiger partial charge in [-0.25, -0.2) is 0 Å². The minimum Gasteiger partial charge on any atom is -0.493 e. The van der Waals surface area contributed by atoms with Crippen LogP contribution in [0.25, 0.3) is 6.08 Å². The van der Waals surface area contributed by atoms with Gasteiger partial charge in [-0.05, 0) is 88.0 Å². The molecule has 3 amide bonds. The summed E-state index contributed by atoms with van der Waals surface area (Å²) in [5.74, 6) is 0.0635. The van der Waals surface area contributed by atoms with Gasteiger partial charge in [0.25, 0.3) is 17.1 Å². The van der Waals surface area contributed by atoms with Crippen molar-refractivity contribution in [1.29, 1.82) is 0 Å². The normalized spacial score (nSPS) is 14.3. The molecular formula is C26H19Cl2IN2O5S. The fraction of sp³-hybridized carbons (Fsp3) is 0.115. The molecule has 3 aromatic rings. The molecule has 11 heteroatoms. The Bertz CT molecular complexity index is 1400. The van der Waals surface area contributed by atoms with Crippen molar-refractivity contribution in [2.24, 2.45) is 0 Å². The number of ether oxygens (including phenoxy) is 2. The maximum absolute atomic E-state index is 13.0. The first-order chi connectivity index (χ1) is 17.7. The third-order valence-corrected chi connectivity index (χ3v) is 7.60. The first kappa shape index (κ1) is 27.3. The van der Waals surface area contributed by atoms with Crippen molar-refractivity contribution in [3.05, 3.63) is 90.3 Å². The van der Waals surface area contributed by atoms with Crippen molar-refractivity contribution in [1.82, 2.24) is 4.90 Å². The third kappa shape index (κ3) is 6.78. The Labute approximate surface area is 241 Å². The van der Waals surface area contributed by atoms with E-state index in [4.69, 9.17) is 32.7 Å². The van der Waals surface area contributed by atoms with Gasteiger partial charge in [0.05, 0.1) is 32.2 Å². The number of nitrogens with one attached hydrogen (secondary N) is 1. The number of hydrogen-bond acceptors (Lipinski definition) is 6. The second kappa shape index (κ2) is 12.2. The number of imide groups is 1. The number of amides is 3. The zero-order valence-electron chi connectivity index (χ0n) is 19.3. The summed E-state index contributed by atoms with van der Waals surface area (Å²) in [5, 5.41) is 3.12. The van der Waals surface area contributed by atoms with Crippen molar-refractivity contribution in [3.63, 3.8) is 0 Å². The quantitative estimate of drug-likeness (QED) is 0.209. The SMILES string of the molecule is COc1cc(/C=C2\SC(=O)N(Cc3ccc(Cl)c(Cl)c3)C2=O)cc(I)c1OCC(=O)Nc1ccccc1. The molecule has 0 bridgehead atoms. The zero-order chi connectivity index (χ0) is 26.5. The predicted molar refractivity (Wildman–Crippen MR) is 154 cm³/mol. The van der Waals surface area contributed by atoms with Gasteiger partial charge in [0.2, 0.25) is 0 Å². The summed E-state index contributed by atoms with van der Waals surface area (Å²) < 4.78 is 11.9. The van der Waals surface area contributed by atoms with Gasteiger partial charge in [-0.3, -0.25) is 19.3 Å². The first-order valence-corrected chi connectivity index (χ1v) is 13.4. The zero-order valence-corrected chi connectivity index (χ0v) is 23.8. The van der Waals surface area contributed by atoms with Gasteiger partial charge in [-0.15, -0.1) is 0 Å². The largest absolute Gasteiger partial charge is 0.493 e. The van der Waals surface area contributed by atoms with E-state index < -0.39 is 5.91 Å². The van der Waals surface area contributed by atoms with Crippen molar-refractivity contribution >= 4 is 86.4 Å². The standard InChI is InChI=1S/C26H19Cl2IN2O5S/c1-35-21-11-16(10-20(29)24(21)36-14-23(32)30-17-5-3-2-4-6-17)12-22-25(33)31(26(34)37-22)13-15-7-8-18(27)19(28)9-15/h2-12H,13-14H2,1H3,(H,30,32)/b22-12-. The van der Waals surface area contributed by atoms with Crippen LogP contribution in [0.4, 0.5) is 10.5 Å². The van der Waals surface area contributed by atoms with E-state index in [1.165, 1.54) is 7.11 Å². The van der Waals surface area contributed by atoms with Crippen LogP contribution in [0, 0.1) is 3.57 Å². The summed E-state index contributed by atoms with van der Waals surface area (Å²) in [7, 11) is 1.48. The molecule has 1 N–H and O–H groups in total. The highest BCUT2D eigenvalue weighted by atomic mass is 127. The summed E-state index contributed by atoms with van der Waals surface area (Å²) in [6, 6.07) is 17.5. The van der Waals surface area contributed by atoms with Crippen molar-refractivity contribution in [3.8, 4) is 11.5 Å². The molecule has 0 atom stereocenters. The van der Waals surface area contributed by atoms with Crippen LogP contribution in [0.5, 0.6) is 11.5 Å². The van der Waals surface area contributed by atoms with Gasteiger partial charge in [0, 0.05) is 5.69 Å². The summed E-state index contributed by atoms with van der Waals surface area (Å²) >= 11 is 14.9. The minimum atomic E-state index is -0.409. The highest BCUT2D eigenvalue weighted by Gasteiger charge is 2.35. The topological polar surface area (TPSA) is 84.9 Å². The van der Waals surface area contributed by atoms with Crippen molar-refractivity contribution in [2.45, 2.75) is 6.54 Å². The smallest absolute Gasteiger partial charge is 0.293 e. The second-order valence-electron chi connectivity index (χ2n) is 7.75. The number of carbonyl (C=O) groups excluding carboxylic acids is 3. The lowest BCUT2D eigenvalue weighted by molar-refractivity contribution is -0.123. The van der Waals surface area contributed by atoms with Gasteiger partial charge in [0.15, 0.2) is 18.1 Å². The van der Waals surface area contributed by atoms with Gasteiger partial charge in [-0.2, -0.15) is 0 Å². The predicted octanol–water partition coefficient (Wildman–Crippen LogP) is 6.86. The third-order valence-electron chi connectivity index (χ3n) is 5.15. The number of methoxy groups -OCH3 is 1. The number of thioether (sulfide) groups is 1. The van der Waals surface area contributed by atoms with Crippen LogP contribution >= 0.6 is 57.6 Å². The van der Waals surface area contributed by atoms with E-state index in [0.717, 1.165) is 16.7 Å². The van der Waals surface area contributed by atoms with Crippen LogP contribution in [0.3, 0.4) is 0 Å². The van der Waals surface area contributed by atoms with Crippen LogP contribution in [0.15, 0.2) is 65.6 Å². The van der Waals surface area contributed by atoms with Crippen LogP contribution < -0.4 is 14.8 Å². The number of hydrogen-bond donors (Lipinski definition) is 1. The Morgan fingerprint density at radius 2 is 1.84 bits per heavy atom. The summed E-state index contributed by atoms with van der Waals surface area (Å²) in [6.07, 6.45) is 1.62. The number of carbonyl (C=O) groups is 3. The van der Waals surface area contributed by atoms with E-state index in [0.29, 0.717) is 41.9 Å². The van der Waals surface area contributed by atoms with E-state index in [1.807, 2.05) is 18.2 Å². The molecule has 0 aromatic heterocycles. The van der Waals surface area contributed by atoms with Crippen molar-refractivity contribution < 1.29 is 23.9 Å². The number of benzene rings is 3. The molecule has 0 saturated carbocycles. The van der Waals surface area contributed by atoms with Crippen LogP contribution in [-0.4, -0.2) is 35.7 Å². The molecule has 1 heterocycles. The molecule has 3 aromatic carbocycles. The summed E-state index contributed by atoms with van der Waals surface area (Å²) in [5.41, 5.74) is 2.00. The monoisotopic (exact) mass is 668 g/mol. The molecule has 190 valence electrons. The van der Waals surface area contributed by atoms with E-state index in [2.05, 4.69) is 27.9 Å². The fourth-order valence-corrected chi connectivity index (χ4v) is 5.37. The highest BCUT2D eigenvalue weighted by Crippen LogP contribution is 2.38. The first-order valence-electron chi connectivity index (χ1n) is 10.8. The second-order valence-corrected chi connectivity index (χ2v) is 10.7. The Morgan fingerprint density at radius 3 is 2.54 bits per heavy atom. The van der Waals surface area contributed by atoms with E-state index in [-0.39, 0.29) is 29.2 Å². The van der Waals surface area contributed by atoms with Gasteiger partial charge in [-0.1, -0.05) is 47.5 Å². The molecule has 1 aliphatic rings. The van der Waals surface area contributed by atoms with Gasteiger partial charge >= 0.3 is 0 Å². The molecule has 0 unspecified atom stereocenters. The summed E-state index contributed by atoms with van der Waals surface area (Å²) in [6.45, 7) is -0.133. The van der Waals surface area contributed by atoms with Crippen molar-refractivity contribution in [2.75, 3.05) is 19.0 Å². The molecular weight excluding hydrogens is 650 g/mol. The Morgan fingerprint density at radius 1 is 1.08 bits per heavy atom. The minimum absolute atomic E-state index is 0.0809. The average molecular weight is 669 g/mol. The molecule has 1 aliphatic heterocycles. The molecule has 4 rings (SSSR count). The lowest BCUT2D eigenvalue weighted by Gasteiger charge is -2.14. The Hall–Kier alpha value is -2.73. The van der Waals surface area contributed by atoms with Gasteiger partial charge in [0.1, 0.15) is 0 Å². The maximum atomic E-state index is 13.0. The maximum Gasteiger partial charge on any atom is 0.293 e. The molecule has 37 heavy (non-hydrogen) atoms. The Kier molecular flexibility index (Phi) is 9.01. The lowest BCUT2D eigenvalue weighted by Crippen LogP contribution is -2.27. The molecule has 0 radical (unpaired) electrons. The summed E-state index contributed by atoms with van der Waals surface area (Å²) in [4.78, 5) is 39.2. The number of para-hydroxylation sites is 1. The molecule has 7 nitrogen and oxygen atoms in total. The van der Waals surface area contributed by atoms with E-state index >= 15 is 0 Å². The molecule has 0 aliphatic carbocycles. The number of nitrogens with zero attached hydrogens (tertiary/aromatic N) is 1. The Balaban J connectivity index is 1.47. The van der Waals surface area contributed by atoms with Crippen LogP contribution in [0.2, 0.25) is 10.0 Å². The number of halogens is 3. The van der Waals surface area contributed by atoms with Crippen LogP contribution in [0.1, 0.15) is 11.1 Å².